The fraction of sp³-hybridized carbons (Fsp3) is 0.800. The summed E-state index contributed by atoms with van der Waals surface area (Å²) >= 11 is 0. The van der Waals surface area contributed by atoms with E-state index >= 15 is 0 Å². The molecule has 0 saturated heterocycles. The Bertz CT molecular complexity index is 364. The average molecular weight is 345 g/mol. The van der Waals surface area contributed by atoms with Gasteiger partial charge in [-0.15, -0.1) is 0 Å². The number of carbonyl (C=O) groups excluding carboxylic acids is 3. The largest absolute Gasteiger partial charge is 0.446 e. The Balaban J connectivity index is 2.64. The zero-order valence-corrected chi connectivity index (χ0v) is 14.4. The topological polar surface area (TPSA) is 115 Å². The van der Waals surface area contributed by atoms with Gasteiger partial charge in [0, 0.05) is 38.9 Å². The molecular formula is C15H27N3O6. The molecule has 24 heavy (non-hydrogen) atoms. The van der Waals surface area contributed by atoms with E-state index < -0.39 is 36.6 Å². The number of amides is 3. The zero-order chi connectivity index (χ0) is 17.9. The Labute approximate surface area is 141 Å². The van der Waals surface area contributed by atoms with E-state index in [-0.39, 0.29) is 0 Å². The lowest BCUT2D eigenvalue weighted by molar-refractivity contribution is -0.0417. The van der Waals surface area contributed by atoms with Crippen LogP contribution < -0.4 is 16.0 Å². The molecule has 0 unspecified atom stereocenters. The molecule has 9 heteroatoms. The molecule has 1 aliphatic carbocycles. The summed E-state index contributed by atoms with van der Waals surface area (Å²) in [5, 5.41) is 7.63. The smallest absolute Gasteiger partial charge is 0.407 e. The van der Waals surface area contributed by atoms with Gasteiger partial charge in [0.2, 0.25) is 0 Å². The fourth-order valence-electron chi connectivity index (χ4n) is 2.47. The van der Waals surface area contributed by atoms with Gasteiger partial charge in [-0.1, -0.05) is 0 Å². The van der Waals surface area contributed by atoms with E-state index in [0.717, 1.165) is 0 Å². The lowest BCUT2D eigenvalue weighted by Crippen LogP contribution is -2.43. The first-order chi connectivity index (χ1) is 11.5. The van der Waals surface area contributed by atoms with E-state index in [0.29, 0.717) is 38.9 Å². The molecule has 0 heterocycles. The quantitative estimate of drug-likeness (QED) is 0.629. The van der Waals surface area contributed by atoms with Crippen LogP contribution in [0.4, 0.5) is 14.4 Å². The standard InChI is InChI=1S/C15H27N3O6/c1-4-16-13(19)22-10-7-11(23-14(20)17-5-2)9-12(8-10)24-15(21)18-6-3/h10-12H,4-9H2,1-3H3,(H,16,19)(H,17,20)(H,18,21). The second-order valence-corrected chi connectivity index (χ2v) is 5.38. The molecule has 0 aliphatic heterocycles. The van der Waals surface area contributed by atoms with Crippen LogP contribution >= 0.6 is 0 Å². The van der Waals surface area contributed by atoms with Gasteiger partial charge in [-0.25, -0.2) is 14.4 Å². The summed E-state index contributed by atoms with van der Waals surface area (Å²) in [6.07, 6.45) is -2.03. The highest BCUT2D eigenvalue weighted by atomic mass is 16.6. The second kappa shape index (κ2) is 10.6. The molecule has 1 rings (SSSR count). The van der Waals surface area contributed by atoms with Crippen molar-refractivity contribution in [3.63, 3.8) is 0 Å². The molecule has 1 aliphatic rings. The monoisotopic (exact) mass is 345 g/mol. The van der Waals surface area contributed by atoms with Crippen molar-refractivity contribution in [1.82, 2.24) is 16.0 Å². The minimum absolute atomic E-state index is 0.365. The third kappa shape index (κ3) is 7.38. The number of nitrogens with one attached hydrogen (secondary N) is 3. The summed E-state index contributed by atoms with van der Waals surface area (Å²) in [4.78, 5) is 34.8. The van der Waals surface area contributed by atoms with Crippen LogP contribution in [0.3, 0.4) is 0 Å². The number of hydrogen-bond acceptors (Lipinski definition) is 6. The van der Waals surface area contributed by atoms with Crippen molar-refractivity contribution in [2.75, 3.05) is 19.6 Å². The van der Waals surface area contributed by atoms with Crippen LogP contribution in [0.25, 0.3) is 0 Å². The maximum absolute atomic E-state index is 11.6. The maximum Gasteiger partial charge on any atom is 0.407 e. The lowest BCUT2D eigenvalue weighted by Gasteiger charge is -2.33. The van der Waals surface area contributed by atoms with Gasteiger partial charge < -0.3 is 30.2 Å². The molecule has 3 amide bonds. The molecule has 0 atom stereocenters. The minimum Gasteiger partial charge on any atom is -0.446 e. The molecule has 3 N–H and O–H groups in total. The van der Waals surface area contributed by atoms with E-state index in [1.165, 1.54) is 0 Å². The molecule has 1 fully saturated rings. The summed E-state index contributed by atoms with van der Waals surface area (Å²) in [5.41, 5.74) is 0. The first-order valence-corrected chi connectivity index (χ1v) is 8.31. The van der Waals surface area contributed by atoms with E-state index in [4.69, 9.17) is 14.2 Å². The van der Waals surface area contributed by atoms with Crippen LogP contribution in [-0.2, 0) is 14.2 Å². The Morgan fingerprint density at radius 2 is 0.917 bits per heavy atom. The maximum atomic E-state index is 11.6. The number of hydrogen-bond donors (Lipinski definition) is 3. The fourth-order valence-corrected chi connectivity index (χ4v) is 2.47. The molecule has 138 valence electrons. The Kier molecular flexibility index (Phi) is 8.74. The summed E-state index contributed by atoms with van der Waals surface area (Å²) in [6, 6.07) is 0. The molecule has 0 radical (unpaired) electrons. The summed E-state index contributed by atoms with van der Waals surface area (Å²) in [6.45, 7) is 6.69. The van der Waals surface area contributed by atoms with Gasteiger partial charge in [-0.3, -0.25) is 0 Å². The van der Waals surface area contributed by atoms with Crippen molar-refractivity contribution in [2.24, 2.45) is 0 Å². The number of ether oxygens (including phenoxy) is 3. The summed E-state index contributed by atoms with van der Waals surface area (Å²) in [7, 11) is 0. The summed E-state index contributed by atoms with van der Waals surface area (Å²) in [5.74, 6) is 0. The molecular weight excluding hydrogens is 318 g/mol. The SMILES string of the molecule is CCNC(=O)OC1CC(OC(=O)NCC)CC(OC(=O)NCC)C1. The Morgan fingerprint density at radius 1 is 0.667 bits per heavy atom. The molecule has 0 bridgehead atoms. The van der Waals surface area contributed by atoms with Crippen LogP contribution in [0, 0.1) is 0 Å². The number of rotatable bonds is 6. The predicted molar refractivity (Wildman–Crippen MR) is 85.7 cm³/mol. The molecule has 0 aromatic heterocycles. The van der Waals surface area contributed by atoms with E-state index in [2.05, 4.69) is 16.0 Å². The van der Waals surface area contributed by atoms with E-state index in [1.807, 2.05) is 0 Å². The first kappa shape index (κ1) is 19.9. The van der Waals surface area contributed by atoms with Crippen molar-refractivity contribution < 1.29 is 28.6 Å². The molecule has 9 nitrogen and oxygen atoms in total. The van der Waals surface area contributed by atoms with Gasteiger partial charge in [0.05, 0.1) is 0 Å². The van der Waals surface area contributed by atoms with Crippen molar-refractivity contribution in [3.8, 4) is 0 Å². The van der Waals surface area contributed by atoms with Crippen molar-refractivity contribution in [1.29, 1.82) is 0 Å². The molecule has 1 saturated carbocycles. The summed E-state index contributed by atoms with van der Waals surface area (Å²) < 4.78 is 15.9. The van der Waals surface area contributed by atoms with E-state index in [1.54, 1.807) is 20.8 Å². The number of carbonyl (C=O) groups is 3. The van der Waals surface area contributed by atoms with Gasteiger partial charge in [0.25, 0.3) is 0 Å². The van der Waals surface area contributed by atoms with Gasteiger partial charge in [0.1, 0.15) is 18.3 Å². The number of alkyl carbamates (subject to hydrolysis) is 3. The molecule has 0 spiro atoms. The third-order valence-electron chi connectivity index (χ3n) is 3.36. The highest BCUT2D eigenvalue weighted by Gasteiger charge is 2.35. The average Bonchev–Trinajstić information content (AvgIpc) is 2.47. The van der Waals surface area contributed by atoms with Crippen LogP contribution in [0.2, 0.25) is 0 Å². The van der Waals surface area contributed by atoms with E-state index in [9.17, 15) is 14.4 Å². The van der Waals surface area contributed by atoms with Crippen LogP contribution in [0.15, 0.2) is 0 Å². The van der Waals surface area contributed by atoms with Crippen LogP contribution in [0.1, 0.15) is 40.0 Å². The van der Waals surface area contributed by atoms with Crippen molar-refractivity contribution in [3.05, 3.63) is 0 Å². The highest BCUT2D eigenvalue weighted by molar-refractivity contribution is 5.68. The highest BCUT2D eigenvalue weighted by Crippen LogP contribution is 2.26. The van der Waals surface area contributed by atoms with Gasteiger partial charge in [-0.05, 0) is 20.8 Å². The minimum atomic E-state index is -0.544. The Morgan fingerprint density at radius 3 is 1.12 bits per heavy atom. The normalized spacial score (nSPS) is 22.9. The molecule has 0 aromatic carbocycles. The first-order valence-electron chi connectivity index (χ1n) is 8.31. The second-order valence-electron chi connectivity index (χ2n) is 5.38. The predicted octanol–water partition coefficient (Wildman–Crippen LogP) is 1.51. The van der Waals surface area contributed by atoms with Crippen molar-refractivity contribution in [2.45, 2.75) is 58.3 Å². The Hall–Kier alpha value is -2.19. The third-order valence-corrected chi connectivity index (χ3v) is 3.36. The van der Waals surface area contributed by atoms with Crippen LogP contribution in [0.5, 0.6) is 0 Å². The van der Waals surface area contributed by atoms with Gasteiger partial charge >= 0.3 is 18.3 Å². The molecule has 0 aromatic rings. The van der Waals surface area contributed by atoms with Gasteiger partial charge in [-0.2, -0.15) is 0 Å². The lowest BCUT2D eigenvalue weighted by atomic mass is 9.92. The van der Waals surface area contributed by atoms with Gasteiger partial charge in [0.15, 0.2) is 0 Å². The zero-order valence-electron chi connectivity index (χ0n) is 14.4. The van der Waals surface area contributed by atoms with Crippen LogP contribution in [-0.4, -0.2) is 56.2 Å². The van der Waals surface area contributed by atoms with Crippen molar-refractivity contribution >= 4 is 18.3 Å².